The van der Waals surface area contributed by atoms with Crippen molar-refractivity contribution in [2.24, 2.45) is 5.92 Å². The fourth-order valence-corrected chi connectivity index (χ4v) is 4.01. The van der Waals surface area contributed by atoms with E-state index in [4.69, 9.17) is 5.10 Å². The Morgan fingerprint density at radius 1 is 1.46 bits per heavy atom. The van der Waals surface area contributed by atoms with Crippen LogP contribution in [0.15, 0.2) is 30.7 Å². The van der Waals surface area contributed by atoms with Crippen LogP contribution in [0.25, 0.3) is 5.52 Å². The zero-order valence-electron chi connectivity index (χ0n) is 14.7. The smallest absolute Gasteiger partial charge is 0.229 e. The summed E-state index contributed by atoms with van der Waals surface area (Å²) in [4.78, 5) is 22.4. The Morgan fingerprint density at radius 3 is 3.00 bits per heavy atom. The lowest BCUT2D eigenvalue weighted by molar-refractivity contribution is -0.135. The molecule has 2 aliphatic rings. The van der Waals surface area contributed by atoms with Gasteiger partial charge in [0.2, 0.25) is 5.91 Å². The van der Waals surface area contributed by atoms with Gasteiger partial charge in [0.15, 0.2) is 0 Å². The summed E-state index contributed by atoms with van der Waals surface area (Å²) >= 11 is 0. The van der Waals surface area contributed by atoms with Gasteiger partial charge in [0.25, 0.3) is 0 Å². The van der Waals surface area contributed by atoms with Gasteiger partial charge in [-0.2, -0.15) is 5.10 Å². The van der Waals surface area contributed by atoms with Crippen molar-refractivity contribution in [1.29, 1.82) is 0 Å². The highest BCUT2D eigenvalue weighted by molar-refractivity contribution is 5.84. The average molecular weight is 353 g/mol. The molecule has 1 aliphatic carbocycles. The zero-order valence-corrected chi connectivity index (χ0v) is 14.7. The lowest BCUT2D eigenvalue weighted by Crippen LogP contribution is -2.42. The molecule has 5 rings (SSSR count). The second-order valence-electron chi connectivity index (χ2n) is 7.58. The maximum absolute atomic E-state index is 14.2. The largest absolute Gasteiger partial charge is 0.348 e. The Morgan fingerprint density at radius 2 is 2.27 bits per heavy atom. The van der Waals surface area contributed by atoms with Crippen molar-refractivity contribution >= 4 is 11.4 Å². The van der Waals surface area contributed by atoms with Crippen molar-refractivity contribution in [3.05, 3.63) is 53.4 Å². The van der Waals surface area contributed by atoms with Crippen LogP contribution in [0.1, 0.15) is 42.0 Å². The third-order valence-corrected chi connectivity index (χ3v) is 5.69. The number of aryl methyl sites for hydroxylation is 1. The number of carbonyl (C=O) groups excluding carboxylic acids is 1. The van der Waals surface area contributed by atoms with Crippen molar-refractivity contribution in [1.82, 2.24) is 24.5 Å². The molecule has 0 aromatic carbocycles. The van der Waals surface area contributed by atoms with Crippen molar-refractivity contribution in [3.8, 4) is 0 Å². The van der Waals surface area contributed by atoms with E-state index in [1.54, 1.807) is 11.2 Å². The number of aromatic amines is 1. The summed E-state index contributed by atoms with van der Waals surface area (Å²) in [5.41, 5.74) is 3.32. The van der Waals surface area contributed by atoms with Gasteiger partial charge in [-0.15, -0.1) is 0 Å². The summed E-state index contributed by atoms with van der Waals surface area (Å²) in [5.74, 6) is -0.688. The van der Waals surface area contributed by atoms with Crippen molar-refractivity contribution < 1.29 is 9.18 Å². The molecule has 1 fully saturated rings. The molecule has 134 valence electrons. The van der Waals surface area contributed by atoms with E-state index in [1.807, 2.05) is 35.8 Å². The van der Waals surface area contributed by atoms with Gasteiger partial charge in [-0.3, -0.25) is 4.79 Å². The summed E-state index contributed by atoms with van der Waals surface area (Å²) in [6.07, 6.45) is 4.54. The van der Waals surface area contributed by atoms with Gasteiger partial charge in [0, 0.05) is 24.9 Å². The second-order valence-corrected chi connectivity index (χ2v) is 7.58. The first-order valence-electron chi connectivity index (χ1n) is 8.92. The van der Waals surface area contributed by atoms with Crippen LogP contribution in [0.2, 0.25) is 0 Å². The summed E-state index contributed by atoms with van der Waals surface area (Å²) < 4.78 is 16.0. The van der Waals surface area contributed by atoms with Crippen LogP contribution in [0.3, 0.4) is 0 Å². The number of carbonyl (C=O) groups is 1. The predicted octanol–water partition coefficient (Wildman–Crippen LogP) is 2.59. The first-order chi connectivity index (χ1) is 12.5. The molecule has 26 heavy (non-hydrogen) atoms. The molecule has 1 amide bonds. The highest BCUT2D eigenvalue weighted by Crippen LogP contribution is 2.49. The van der Waals surface area contributed by atoms with E-state index in [-0.39, 0.29) is 11.9 Å². The molecule has 0 saturated heterocycles. The average Bonchev–Trinajstić information content (AvgIpc) is 2.99. The van der Waals surface area contributed by atoms with Crippen LogP contribution in [-0.2, 0) is 11.2 Å². The number of imidazole rings is 1. The molecule has 4 heterocycles. The van der Waals surface area contributed by atoms with Crippen LogP contribution in [0.4, 0.5) is 4.39 Å². The third kappa shape index (κ3) is 2.19. The number of alkyl halides is 1. The van der Waals surface area contributed by atoms with E-state index < -0.39 is 11.6 Å². The summed E-state index contributed by atoms with van der Waals surface area (Å²) in [7, 11) is 0. The number of nitrogens with zero attached hydrogens (tertiary/aromatic N) is 4. The molecule has 6 nitrogen and oxygen atoms in total. The number of aromatic nitrogens is 4. The summed E-state index contributed by atoms with van der Waals surface area (Å²) in [6, 6.07) is 5.60. The van der Waals surface area contributed by atoms with E-state index in [1.165, 1.54) is 6.92 Å². The molecular formula is C19H20FN5O. The fourth-order valence-electron chi connectivity index (χ4n) is 4.01. The van der Waals surface area contributed by atoms with E-state index >= 15 is 0 Å². The minimum absolute atomic E-state index is 0.137. The monoisotopic (exact) mass is 353 g/mol. The molecule has 1 saturated carbocycles. The standard InChI is InChI=1S/C19H20FN5O/c1-11-4-3-6-25-15(11)8-14(23-25)17-16-13(21-10-22-16)5-7-24(17)18(26)12-9-19(12,2)20/h3-4,6,8,10,12,17H,5,7,9H2,1-2H3,(H,21,22)/t12-,17+,19?/m0/s1. The number of hydrogen-bond acceptors (Lipinski definition) is 3. The number of fused-ring (bicyclic) bond motifs is 2. The molecule has 3 aromatic rings. The number of halogens is 1. The molecule has 0 radical (unpaired) electrons. The number of hydrogen-bond donors (Lipinski definition) is 1. The number of amides is 1. The molecule has 0 bridgehead atoms. The van der Waals surface area contributed by atoms with Crippen molar-refractivity contribution in [2.45, 2.75) is 38.4 Å². The maximum atomic E-state index is 14.2. The van der Waals surface area contributed by atoms with Crippen LogP contribution < -0.4 is 0 Å². The summed E-state index contributed by atoms with van der Waals surface area (Å²) in [5, 5.41) is 4.70. The number of H-pyrrole nitrogens is 1. The summed E-state index contributed by atoms with van der Waals surface area (Å²) in [6.45, 7) is 4.07. The quantitative estimate of drug-likeness (QED) is 0.770. The normalized spacial score (nSPS) is 27.6. The van der Waals surface area contributed by atoms with E-state index in [0.717, 1.165) is 28.2 Å². The molecule has 1 aliphatic heterocycles. The Bertz CT molecular complexity index is 1020. The highest BCUT2D eigenvalue weighted by atomic mass is 19.1. The molecular weight excluding hydrogens is 333 g/mol. The topological polar surface area (TPSA) is 66.3 Å². The van der Waals surface area contributed by atoms with Gasteiger partial charge in [-0.1, -0.05) is 6.07 Å². The zero-order chi connectivity index (χ0) is 18.1. The Balaban J connectivity index is 1.61. The van der Waals surface area contributed by atoms with Gasteiger partial charge in [-0.05, 0) is 38.0 Å². The van der Waals surface area contributed by atoms with E-state index in [2.05, 4.69) is 9.97 Å². The third-order valence-electron chi connectivity index (χ3n) is 5.69. The fraction of sp³-hybridized carbons (Fsp3) is 0.421. The van der Waals surface area contributed by atoms with Gasteiger partial charge >= 0.3 is 0 Å². The van der Waals surface area contributed by atoms with Gasteiger partial charge in [0.1, 0.15) is 11.7 Å². The molecule has 7 heteroatoms. The number of nitrogens with one attached hydrogen (secondary N) is 1. The second kappa shape index (κ2) is 5.16. The molecule has 1 N–H and O–H groups in total. The van der Waals surface area contributed by atoms with E-state index in [0.29, 0.717) is 19.4 Å². The molecule has 3 atom stereocenters. The van der Waals surface area contributed by atoms with Crippen LogP contribution in [-0.4, -0.2) is 42.6 Å². The SMILES string of the molecule is Cc1cccn2nc([C@@H]3c4nc[nH]c4CCN3C(=O)[C@@H]3CC3(C)F)cc12. The number of pyridine rings is 1. The van der Waals surface area contributed by atoms with Gasteiger partial charge in [0.05, 0.1) is 29.1 Å². The maximum Gasteiger partial charge on any atom is 0.229 e. The van der Waals surface area contributed by atoms with Crippen LogP contribution >= 0.6 is 0 Å². The Hall–Kier alpha value is -2.70. The van der Waals surface area contributed by atoms with Crippen molar-refractivity contribution in [2.75, 3.05) is 6.54 Å². The van der Waals surface area contributed by atoms with Crippen molar-refractivity contribution in [3.63, 3.8) is 0 Å². The molecule has 1 unspecified atom stereocenters. The van der Waals surface area contributed by atoms with Crippen LogP contribution in [0, 0.1) is 12.8 Å². The minimum Gasteiger partial charge on any atom is -0.348 e. The minimum atomic E-state index is -1.39. The van der Waals surface area contributed by atoms with Gasteiger partial charge in [-0.25, -0.2) is 13.9 Å². The Kier molecular flexibility index (Phi) is 3.08. The molecule has 0 spiro atoms. The van der Waals surface area contributed by atoms with Crippen LogP contribution in [0.5, 0.6) is 0 Å². The number of rotatable bonds is 2. The van der Waals surface area contributed by atoms with E-state index in [9.17, 15) is 9.18 Å². The molecule has 3 aromatic heterocycles. The lowest BCUT2D eigenvalue weighted by atomic mass is 9.98. The predicted molar refractivity (Wildman–Crippen MR) is 93.4 cm³/mol. The Labute approximate surface area is 150 Å². The first kappa shape index (κ1) is 15.5. The lowest BCUT2D eigenvalue weighted by Gasteiger charge is -2.34. The highest BCUT2D eigenvalue weighted by Gasteiger charge is 2.58. The van der Waals surface area contributed by atoms with Gasteiger partial charge < -0.3 is 9.88 Å². The first-order valence-corrected chi connectivity index (χ1v) is 8.92.